The Morgan fingerprint density at radius 2 is 1.50 bits per heavy atom. The third-order valence-electron chi connectivity index (χ3n) is 5.63. The number of Topliss-reactive ketones (excluding diaryl/α,β-unsaturated/α-hetero) is 1. The monoisotopic (exact) mass is 399 g/mol. The lowest BCUT2D eigenvalue weighted by Gasteiger charge is -2.11. The molecule has 1 aromatic heterocycles. The first kappa shape index (κ1) is 19.9. The van der Waals surface area contributed by atoms with Crippen LogP contribution in [0.25, 0.3) is 21.5 Å². The number of carbonyl (C=O) groups excluding carboxylic acids is 2. The van der Waals surface area contributed by atoms with Crippen molar-refractivity contribution in [2.24, 2.45) is 0 Å². The van der Waals surface area contributed by atoms with Gasteiger partial charge in [-0.15, -0.1) is 0 Å². The van der Waals surface area contributed by atoms with Crippen LogP contribution in [0.5, 0.6) is 0 Å². The highest BCUT2D eigenvalue weighted by Gasteiger charge is 2.20. The van der Waals surface area contributed by atoms with Crippen LogP contribution in [0.2, 0.25) is 0 Å². The lowest BCUT2D eigenvalue weighted by atomic mass is 9.97. The fourth-order valence-electron chi connectivity index (χ4n) is 4.17. The van der Waals surface area contributed by atoms with Gasteiger partial charge in [-0.3, -0.25) is 4.79 Å². The van der Waals surface area contributed by atoms with Crippen molar-refractivity contribution in [3.05, 3.63) is 83.2 Å². The second kappa shape index (κ2) is 8.15. The molecule has 0 bridgehead atoms. The Bertz CT molecular complexity index is 1210. The molecule has 0 amide bonds. The maximum Gasteiger partial charge on any atom is 0.339 e. The van der Waals surface area contributed by atoms with Gasteiger partial charge in [-0.1, -0.05) is 55.5 Å². The van der Waals surface area contributed by atoms with E-state index >= 15 is 0 Å². The van der Waals surface area contributed by atoms with Gasteiger partial charge in [0.15, 0.2) is 6.61 Å². The number of ketones is 1. The summed E-state index contributed by atoms with van der Waals surface area (Å²) >= 11 is 0. The second-order valence-corrected chi connectivity index (χ2v) is 7.63. The third kappa shape index (κ3) is 3.50. The average molecular weight is 399 g/mol. The SMILES string of the molecule is CCCn1c(C)cc(C(=O)COC(=O)c2c3ccccc3cc3ccccc23)c1C. The normalized spacial score (nSPS) is 11.2. The lowest BCUT2D eigenvalue weighted by Crippen LogP contribution is -2.15. The maximum absolute atomic E-state index is 13.1. The number of aryl methyl sites for hydroxylation is 1. The van der Waals surface area contributed by atoms with Crippen LogP contribution >= 0.6 is 0 Å². The molecule has 0 saturated heterocycles. The topological polar surface area (TPSA) is 48.3 Å². The number of aromatic nitrogens is 1. The predicted octanol–water partition coefficient (Wildman–Crippen LogP) is 5.86. The summed E-state index contributed by atoms with van der Waals surface area (Å²) in [6.07, 6.45) is 0.993. The first-order valence-corrected chi connectivity index (χ1v) is 10.3. The summed E-state index contributed by atoms with van der Waals surface area (Å²) in [5, 5.41) is 3.60. The number of fused-ring (bicyclic) bond motifs is 2. The number of nitrogens with zero attached hydrogens (tertiary/aromatic N) is 1. The summed E-state index contributed by atoms with van der Waals surface area (Å²) in [6.45, 7) is 6.64. The van der Waals surface area contributed by atoms with Crippen LogP contribution in [-0.2, 0) is 11.3 Å². The van der Waals surface area contributed by atoms with Crippen LogP contribution in [-0.4, -0.2) is 22.9 Å². The number of carbonyl (C=O) groups is 2. The van der Waals surface area contributed by atoms with Gasteiger partial charge in [-0.05, 0) is 53.9 Å². The van der Waals surface area contributed by atoms with Crippen molar-refractivity contribution in [3.63, 3.8) is 0 Å². The molecule has 4 heteroatoms. The molecule has 1 heterocycles. The van der Waals surface area contributed by atoms with Crippen LogP contribution in [0.3, 0.4) is 0 Å². The van der Waals surface area contributed by atoms with E-state index in [1.165, 1.54) is 0 Å². The van der Waals surface area contributed by atoms with Gasteiger partial charge in [0.25, 0.3) is 0 Å². The van der Waals surface area contributed by atoms with Crippen molar-refractivity contribution in [3.8, 4) is 0 Å². The molecule has 30 heavy (non-hydrogen) atoms. The standard InChI is InChI=1S/C26H25NO3/c1-4-13-27-17(2)14-23(18(27)3)24(28)16-30-26(29)25-21-11-7-5-9-19(21)15-20-10-6-8-12-22(20)25/h5-12,14-15H,4,13,16H2,1-3H3. The Hall–Kier alpha value is -3.40. The van der Waals surface area contributed by atoms with E-state index in [9.17, 15) is 9.59 Å². The van der Waals surface area contributed by atoms with Gasteiger partial charge < -0.3 is 9.30 Å². The molecule has 4 aromatic rings. The zero-order chi connectivity index (χ0) is 21.3. The van der Waals surface area contributed by atoms with Crippen molar-refractivity contribution in [1.29, 1.82) is 0 Å². The molecule has 4 nitrogen and oxygen atoms in total. The largest absolute Gasteiger partial charge is 0.454 e. The summed E-state index contributed by atoms with van der Waals surface area (Å²) in [6, 6.07) is 19.4. The summed E-state index contributed by atoms with van der Waals surface area (Å²) in [5.41, 5.74) is 3.10. The van der Waals surface area contributed by atoms with Crippen molar-refractivity contribution < 1.29 is 14.3 Å². The Morgan fingerprint density at radius 1 is 0.900 bits per heavy atom. The Labute approximate surface area is 176 Å². The van der Waals surface area contributed by atoms with Crippen molar-refractivity contribution in [1.82, 2.24) is 4.57 Å². The molecule has 0 aliphatic rings. The van der Waals surface area contributed by atoms with Gasteiger partial charge in [-0.25, -0.2) is 4.79 Å². The van der Waals surface area contributed by atoms with E-state index in [0.29, 0.717) is 11.1 Å². The number of esters is 1. The highest BCUT2D eigenvalue weighted by Crippen LogP contribution is 2.29. The minimum atomic E-state index is -0.473. The highest BCUT2D eigenvalue weighted by atomic mass is 16.5. The smallest absolute Gasteiger partial charge is 0.339 e. The number of rotatable bonds is 6. The second-order valence-electron chi connectivity index (χ2n) is 7.63. The molecule has 0 fully saturated rings. The van der Waals surface area contributed by atoms with Crippen LogP contribution in [0.15, 0.2) is 60.7 Å². The minimum Gasteiger partial charge on any atom is -0.454 e. The maximum atomic E-state index is 13.1. The fraction of sp³-hybridized carbons (Fsp3) is 0.231. The van der Waals surface area contributed by atoms with Crippen LogP contribution in [0.1, 0.15) is 45.4 Å². The van der Waals surface area contributed by atoms with Crippen LogP contribution < -0.4 is 0 Å². The molecule has 3 aromatic carbocycles. The van der Waals surface area contributed by atoms with E-state index in [0.717, 1.165) is 45.9 Å². The molecule has 152 valence electrons. The molecule has 0 aliphatic heterocycles. The van der Waals surface area contributed by atoms with E-state index in [1.54, 1.807) is 0 Å². The summed E-state index contributed by atoms with van der Waals surface area (Å²) in [4.78, 5) is 25.9. The summed E-state index contributed by atoms with van der Waals surface area (Å²) in [7, 11) is 0. The van der Waals surface area contributed by atoms with Crippen LogP contribution in [0.4, 0.5) is 0 Å². The van der Waals surface area contributed by atoms with Crippen molar-refractivity contribution in [2.75, 3.05) is 6.61 Å². The van der Waals surface area contributed by atoms with Gasteiger partial charge in [0.1, 0.15) is 0 Å². The van der Waals surface area contributed by atoms with Gasteiger partial charge in [-0.2, -0.15) is 0 Å². The molecule has 4 rings (SSSR count). The Morgan fingerprint density at radius 3 is 2.10 bits per heavy atom. The first-order valence-electron chi connectivity index (χ1n) is 10.3. The van der Waals surface area contributed by atoms with E-state index < -0.39 is 5.97 Å². The van der Waals surface area contributed by atoms with E-state index in [4.69, 9.17) is 4.74 Å². The quantitative estimate of drug-likeness (QED) is 0.232. The number of hydrogen-bond donors (Lipinski definition) is 0. The molecule has 0 saturated carbocycles. The van der Waals surface area contributed by atoms with Gasteiger partial charge in [0.05, 0.1) is 5.56 Å². The van der Waals surface area contributed by atoms with Gasteiger partial charge >= 0.3 is 5.97 Å². The Balaban J connectivity index is 1.64. The minimum absolute atomic E-state index is 0.177. The van der Waals surface area contributed by atoms with Crippen molar-refractivity contribution >= 4 is 33.3 Å². The first-order chi connectivity index (χ1) is 14.5. The number of hydrogen-bond acceptors (Lipinski definition) is 3. The Kier molecular flexibility index (Phi) is 5.40. The van der Waals surface area contributed by atoms with Crippen molar-refractivity contribution in [2.45, 2.75) is 33.7 Å². The molecule has 0 aliphatic carbocycles. The van der Waals surface area contributed by atoms with E-state index in [2.05, 4.69) is 17.6 Å². The highest BCUT2D eigenvalue weighted by molar-refractivity contribution is 6.17. The molecule has 0 N–H and O–H groups in total. The third-order valence-corrected chi connectivity index (χ3v) is 5.63. The molecular formula is C26H25NO3. The lowest BCUT2D eigenvalue weighted by molar-refractivity contribution is 0.0478. The molecule has 0 atom stereocenters. The molecule has 0 radical (unpaired) electrons. The van der Waals surface area contributed by atoms with Gasteiger partial charge in [0, 0.05) is 23.5 Å². The molecule has 0 unspecified atom stereocenters. The van der Waals surface area contributed by atoms with Gasteiger partial charge in [0.2, 0.25) is 5.78 Å². The van der Waals surface area contributed by atoms with E-state index in [1.807, 2.05) is 68.4 Å². The zero-order valence-corrected chi connectivity index (χ0v) is 17.6. The zero-order valence-electron chi connectivity index (χ0n) is 17.6. The fourth-order valence-corrected chi connectivity index (χ4v) is 4.17. The predicted molar refractivity (Wildman–Crippen MR) is 120 cm³/mol. The summed E-state index contributed by atoms with van der Waals surface area (Å²) in [5.74, 6) is -0.651. The number of benzene rings is 3. The molecular weight excluding hydrogens is 374 g/mol. The van der Waals surface area contributed by atoms with Crippen LogP contribution in [0, 0.1) is 13.8 Å². The average Bonchev–Trinajstić information content (AvgIpc) is 3.04. The molecule has 0 spiro atoms. The summed E-state index contributed by atoms with van der Waals surface area (Å²) < 4.78 is 7.66. The number of ether oxygens (including phenoxy) is 1. The van der Waals surface area contributed by atoms with E-state index in [-0.39, 0.29) is 12.4 Å².